The zero-order chi connectivity index (χ0) is 14.4. The summed E-state index contributed by atoms with van der Waals surface area (Å²) in [5.74, 6) is 0.418. The first-order chi connectivity index (χ1) is 9.70. The fourth-order valence-corrected chi connectivity index (χ4v) is 4.25. The summed E-state index contributed by atoms with van der Waals surface area (Å²) in [5.41, 5.74) is 2.00. The fraction of sp³-hybridized carbons (Fsp3) is 0.833. The van der Waals surface area contributed by atoms with Crippen LogP contribution in [0.1, 0.15) is 84.0 Å². The van der Waals surface area contributed by atoms with E-state index in [2.05, 4.69) is 0 Å². The van der Waals surface area contributed by atoms with E-state index in [4.69, 9.17) is 0 Å². The molecule has 0 heterocycles. The number of carboxylic acid groups (broad SMARTS) is 1. The van der Waals surface area contributed by atoms with Gasteiger partial charge in [-0.05, 0) is 44.4 Å². The van der Waals surface area contributed by atoms with Crippen LogP contribution in [0.25, 0.3) is 0 Å². The first-order valence-electron chi connectivity index (χ1n) is 8.64. The van der Waals surface area contributed by atoms with Gasteiger partial charge >= 0.3 is 5.97 Å². The van der Waals surface area contributed by atoms with Gasteiger partial charge in [-0.3, -0.25) is 0 Å². The van der Waals surface area contributed by atoms with Crippen molar-refractivity contribution in [3.63, 3.8) is 0 Å². The number of aliphatic carboxylic acids is 1. The van der Waals surface area contributed by atoms with Crippen LogP contribution < -0.4 is 0 Å². The van der Waals surface area contributed by atoms with Gasteiger partial charge in [-0.25, -0.2) is 4.79 Å². The number of carbonyl (C=O) groups is 1. The molecule has 0 aromatic heterocycles. The Balaban J connectivity index is 2.23. The summed E-state index contributed by atoms with van der Waals surface area (Å²) >= 11 is 0. The lowest BCUT2D eigenvalue weighted by molar-refractivity contribution is -0.132. The Morgan fingerprint density at radius 1 is 0.750 bits per heavy atom. The summed E-state index contributed by atoms with van der Waals surface area (Å²) in [4.78, 5) is 11.5. The molecule has 2 rings (SSSR count). The Morgan fingerprint density at radius 3 is 1.40 bits per heavy atom. The average molecular weight is 278 g/mol. The number of carboxylic acids is 1. The third kappa shape index (κ3) is 4.10. The summed E-state index contributed by atoms with van der Waals surface area (Å²) in [6.07, 6.45) is 15.4. The zero-order valence-corrected chi connectivity index (χ0v) is 13.0. The van der Waals surface area contributed by atoms with Crippen LogP contribution in [0.4, 0.5) is 0 Å². The molecule has 0 amide bonds. The molecule has 0 aliphatic heterocycles. The van der Waals surface area contributed by atoms with Crippen LogP contribution in [0.5, 0.6) is 0 Å². The van der Waals surface area contributed by atoms with Crippen LogP contribution in [-0.4, -0.2) is 11.1 Å². The van der Waals surface area contributed by atoms with Gasteiger partial charge in [0.2, 0.25) is 0 Å². The van der Waals surface area contributed by atoms with E-state index >= 15 is 0 Å². The second-order valence-corrected chi connectivity index (χ2v) is 6.76. The van der Waals surface area contributed by atoms with Crippen LogP contribution in [0.3, 0.4) is 0 Å². The van der Waals surface area contributed by atoms with Crippen molar-refractivity contribution in [1.82, 2.24) is 0 Å². The highest BCUT2D eigenvalue weighted by atomic mass is 16.4. The SMILES string of the molecule is CC(C(=O)O)=C(C1CCCCCC1)C1CCCCCC1. The van der Waals surface area contributed by atoms with Crippen molar-refractivity contribution < 1.29 is 9.90 Å². The molecule has 0 saturated heterocycles. The van der Waals surface area contributed by atoms with Crippen molar-refractivity contribution in [2.45, 2.75) is 84.0 Å². The van der Waals surface area contributed by atoms with Crippen molar-refractivity contribution in [3.05, 3.63) is 11.1 Å². The van der Waals surface area contributed by atoms with E-state index in [1.807, 2.05) is 6.92 Å². The van der Waals surface area contributed by atoms with Crippen molar-refractivity contribution in [1.29, 1.82) is 0 Å². The molecule has 0 radical (unpaired) electrons. The van der Waals surface area contributed by atoms with E-state index in [-0.39, 0.29) is 0 Å². The second kappa shape index (κ2) is 7.85. The Hall–Kier alpha value is -0.790. The molecule has 114 valence electrons. The lowest BCUT2D eigenvalue weighted by Gasteiger charge is -2.28. The molecule has 1 N–H and O–H groups in total. The zero-order valence-electron chi connectivity index (χ0n) is 13.0. The van der Waals surface area contributed by atoms with E-state index in [1.54, 1.807) is 0 Å². The van der Waals surface area contributed by atoms with Crippen LogP contribution >= 0.6 is 0 Å². The van der Waals surface area contributed by atoms with Gasteiger partial charge in [0.1, 0.15) is 0 Å². The molecule has 20 heavy (non-hydrogen) atoms. The van der Waals surface area contributed by atoms with Gasteiger partial charge in [0.05, 0.1) is 0 Å². The average Bonchev–Trinajstić information content (AvgIpc) is 2.84. The minimum Gasteiger partial charge on any atom is -0.478 e. The molecule has 0 aromatic rings. The highest BCUT2D eigenvalue weighted by Gasteiger charge is 2.28. The normalized spacial score (nSPS) is 22.9. The summed E-state index contributed by atoms with van der Waals surface area (Å²) in [7, 11) is 0. The van der Waals surface area contributed by atoms with Crippen molar-refractivity contribution in [3.8, 4) is 0 Å². The molecule has 2 heteroatoms. The molecule has 0 bridgehead atoms. The predicted octanol–water partition coefficient (Wildman–Crippen LogP) is 5.33. The molecule has 0 spiro atoms. The Kier molecular flexibility index (Phi) is 6.12. The Labute approximate surface area is 123 Å². The van der Waals surface area contributed by atoms with E-state index in [9.17, 15) is 9.90 Å². The quantitative estimate of drug-likeness (QED) is 0.559. The number of hydrogen-bond acceptors (Lipinski definition) is 1. The van der Waals surface area contributed by atoms with E-state index in [0.717, 1.165) is 0 Å². The van der Waals surface area contributed by atoms with Crippen molar-refractivity contribution in [2.24, 2.45) is 11.8 Å². The molecule has 2 fully saturated rings. The first kappa shape index (κ1) is 15.6. The summed E-state index contributed by atoms with van der Waals surface area (Å²) in [6, 6.07) is 0. The largest absolute Gasteiger partial charge is 0.478 e. The monoisotopic (exact) mass is 278 g/mol. The van der Waals surface area contributed by atoms with Crippen molar-refractivity contribution >= 4 is 5.97 Å². The molecular formula is C18H30O2. The molecule has 2 aliphatic carbocycles. The van der Waals surface area contributed by atoms with Crippen LogP contribution in [0.15, 0.2) is 11.1 Å². The van der Waals surface area contributed by atoms with E-state index in [0.29, 0.717) is 17.4 Å². The van der Waals surface area contributed by atoms with E-state index in [1.165, 1.54) is 82.6 Å². The van der Waals surface area contributed by atoms with Gasteiger partial charge in [0.15, 0.2) is 0 Å². The smallest absolute Gasteiger partial charge is 0.331 e. The molecular weight excluding hydrogens is 248 g/mol. The molecule has 0 unspecified atom stereocenters. The molecule has 0 aromatic carbocycles. The minimum atomic E-state index is -0.687. The van der Waals surface area contributed by atoms with Gasteiger partial charge in [-0.15, -0.1) is 0 Å². The maximum Gasteiger partial charge on any atom is 0.331 e. The second-order valence-electron chi connectivity index (χ2n) is 6.76. The predicted molar refractivity (Wildman–Crippen MR) is 82.7 cm³/mol. The summed E-state index contributed by atoms with van der Waals surface area (Å²) in [6.45, 7) is 1.85. The van der Waals surface area contributed by atoms with Gasteiger partial charge < -0.3 is 5.11 Å². The fourth-order valence-electron chi connectivity index (χ4n) is 4.25. The lowest BCUT2D eigenvalue weighted by atomic mass is 9.77. The lowest BCUT2D eigenvalue weighted by Crippen LogP contribution is -2.18. The number of rotatable bonds is 3. The van der Waals surface area contributed by atoms with Gasteiger partial charge in [-0.1, -0.05) is 56.9 Å². The van der Waals surface area contributed by atoms with Crippen LogP contribution in [0.2, 0.25) is 0 Å². The van der Waals surface area contributed by atoms with Gasteiger partial charge in [-0.2, -0.15) is 0 Å². The van der Waals surface area contributed by atoms with Gasteiger partial charge in [0, 0.05) is 5.57 Å². The third-order valence-electron chi connectivity index (χ3n) is 5.34. The Morgan fingerprint density at radius 2 is 1.10 bits per heavy atom. The standard InChI is InChI=1S/C18H30O2/c1-14(18(19)20)17(15-10-6-2-3-7-11-15)16-12-8-4-5-9-13-16/h15-16H,2-13H2,1H3,(H,19,20). The third-order valence-corrected chi connectivity index (χ3v) is 5.34. The number of allylic oxidation sites excluding steroid dienone is 1. The Bertz CT molecular complexity index is 318. The van der Waals surface area contributed by atoms with Crippen LogP contribution in [-0.2, 0) is 4.79 Å². The molecule has 2 aliphatic rings. The molecule has 2 nitrogen and oxygen atoms in total. The van der Waals surface area contributed by atoms with Gasteiger partial charge in [0.25, 0.3) is 0 Å². The minimum absolute atomic E-state index is 0.552. The highest BCUT2D eigenvalue weighted by molar-refractivity contribution is 5.87. The molecule has 2 saturated carbocycles. The highest BCUT2D eigenvalue weighted by Crippen LogP contribution is 2.40. The maximum absolute atomic E-state index is 11.5. The van der Waals surface area contributed by atoms with Crippen LogP contribution in [0, 0.1) is 11.8 Å². The maximum atomic E-state index is 11.5. The van der Waals surface area contributed by atoms with Crippen molar-refractivity contribution in [2.75, 3.05) is 0 Å². The number of hydrogen-bond donors (Lipinski definition) is 1. The first-order valence-corrected chi connectivity index (χ1v) is 8.64. The topological polar surface area (TPSA) is 37.3 Å². The van der Waals surface area contributed by atoms with E-state index < -0.39 is 5.97 Å². The molecule has 0 atom stereocenters. The summed E-state index contributed by atoms with van der Waals surface area (Å²) in [5, 5.41) is 9.50. The summed E-state index contributed by atoms with van der Waals surface area (Å²) < 4.78 is 0.